The van der Waals surface area contributed by atoms with Crippen LogP contribution < -0.4 is 30.7 Å². The van der Waals surface area contributed by atoms with Crippen LogP contribution in [-0.4, -0.2) is 125 Å². The van der Waals surface area contributed by atoms with Crippen LogP contribution in [0.15, 0.2) is 42.3 Å². The standard InChI is InChI=1S/C45H64N8O9S2/c1-10-28-22-45(28,41(56)57)51-39(54)35-20-30(62-36-21-33(34-25-63-43(48-34)46-26(3)4)47-32-19-29(61-9)17-18-31(32)36)23-53(35)40(55)38(27-15-13-12-14-16-27)50-42(58)49-37(44(5,6)7)24-52(8)64(59,60)11-2/h10,17-19,21,25-28,30,35,37-38H,1,11-16,20,22-24H2,2-9H3,(H,46,48)(H,51,54)(H,56,57)(H2,49,50,58)/t28?,30-,35+,37?,38+,45-/m1/s1. The number of carbonyl (C=O) groups excluding carboxylic acids is 3. The van der Waals surface area contributed by atoms with Gasteiger partial charge in [0.25, 0.3) is 0 Å². The van der Waals surface area contributed by atoms with E-state index in [9.17, 15) is 27.9 Å². The van der Waals surface area contributed by atoms with Crippen molar-refractivity contribution in [2.45, 2.75) is 122 Å². The van der Waals surface area contributed by atoms with Crippen LogP contribution in [0, 0.1) is 17.3 Å². The number of pyridine rings is 1. The Kier molecular flexibility index (Phi) is 14.8. The molecule has 0 radical (unpaired) electrons. The first kappa shape index (κ1) is 48.4. The molecule has 1 aromatic carbocycles. The molecule has 350 valence electrons. The molecular weight excluding hydrogens is 861 g/mol. The molecule has 64 heavy (non-hydrogen) atoms. The second kappa shape index (κ2) is 19.6. The number of ether oxygens (including phenoxy) is 2. The monoisotopic (exact) mass is 924 g/mol. The minimum atomic E-state index is -3.56. The molecule has 2 aromatic heterocycles. The number of nitrogens with one attached hydrogen (secondary N) is 4. The third-order valence-corrected chi connectivity index (χ3v) is 15.2. The molecule has 19 heteroatoms. The van der Waals surface area contributed by atoms with Gasteiger partial charge >= 0.3 is 12.0 Å². The Labute approximate surface area is 380 Å². The van der Waals surface area contributed by atoms with E-state index in [2.05, 4.69) is 27.8 Å². The molecule has 6 atom stereocenters. The van der Waals surface area contributed by atoms with E-state index in [0.29, 0.717) is 46.6 Å². The summed E-state index contributed by atoms with van der Waals surface area (Å²) >= 11 is 1.45. The minimum Gasteiger partial charge on any atom is -0.497 e. The number of aromatic nitrogens is 2. The molecule has 2 unspecified atom stereocenters. The summed E-state index contributed by atoms with van der Waals surface area (Å²) in [7, 11) is -0.516. The summed E-state index contributed by atoms with van der Waals surface area (Å²) in [6.07, 6.45) is 4.93. The number of amides is 4. The number of hydrogen-bond donors (Lipinski definition) is 5. The van der Waals surface area contributed by atoms with Gasteiger partial charge in [-0.05, 0) is 63.5 Å². The number of likely N-dealkylation sites (tertiary alicyclic amines) is 1. The second-order valence-corrected chi connectivity index (χ2v) is 21.8. The minimum absolute atomic E-state index is 0.0101. The number of fused-ring (bicyclic) bond motifs is 1. The number of rotatable bonds is 18. The molecule has 17 nitrogen and oxygen atoms in total. The van der Waals surface area contributed by atoms with E-state index in [1.54, 1.807) is 32.2 Å². The molecule has 2 aliphatic carbocycles. The van der Waals surface area contributed by atoms with Crippen molar-refractivity contribution in [3.05, 3.63) is 42.3 Å². The maximum absolute atomic E-state index is 15.2. The summed E-state index contributed by atoms with van der Waals surface area (Å²) in [5.41, 5.74) is -0.389. The predicted molar refractivity (Wildman–Crippen MR) is 247 cm³/mol. The summed E-state index contributed by atoms with van der Waals surface area (Å²) < 4.78 is 39.0. The van der Waals surface area contributed by atoms with E-state index in [1.807, 2.05) is 46.1 Å². The van der Waals surface area contributed by atoms with Gasteiger partial charge in [0.2, 0.25) is 21.8 Å². The summed E-state index contributed by atoms with van der Waals surface area (Å²) in [4.78, 5) is 67.2. The highest BCUT2D eigenvalue weighted by atomic mass is 32.2. The van der Waals surface area contributed by atoms with E-state index in [4.69, 9.17) is 19.4 Å². The number of anilines is 1. The summed E-state index contributed by atoms with van der Waals surface area (Å²) in [5, 5.41) is 25.5. The van der Waals surface area contributed by atoms with Crippen LogP contribution in [0.2, 0.25) is 0 Å². The Morgan fingerprint density at radius 2 is 1.81 bits per heavy atom. The number of thiazole rings is 1. The number of aliphatic carboxylic acids is 1. The first-order valence-corrected chi connectivity index (χ1v) is 24.6. The summed E-state index contributed by atoms with van der Waals surface area (Å²) in [6.45, 7) is 15.0. The highest BCUT2D eigenvalue weighted by Crippen LogP contribution is 2.45. The van der Waals surface area contributed by atoms with Gasteiger partial charge in [-0.25, -0.2) is 32.3 Å². The van der Waals surface area contributed by atoms with E-state index in [0.717, 1.165) is 24.4 Å². The highest BCUT2D eigenvalue weighted by molar-refractivity contribution is 7.89. The van der Waals surface area contributed by atoms with Crippen LogP contribution in [0.1, 0.15) is 86.5 Å². The molecule has 3 fully saturated rings. The maximum Gasteiger partial charge on any atom is 0.330 e. The van der Waals surface area contributed by atoms with Gasteiger partial charge in [-0.15, -0.1) is 17.9 Å². The van der Waals surface area contributed by atoms with Crippen LogP contribution >= 0.6 is 11.3 Å². The van der Waals surface area contributed by atoms with Crippen molar-refractivity contribution >= 4 is 61.2 Å². The number of benzene rings is 1. The molecule has 0 spiro atoms. The molecule has 5 N–H and O–H groups in total. The summed E-state index contributed by atoms with van der Waals surface area (Å²) in [6, 6.07) is 3.88. The number of carboxylic acid groups (broad SMARTS) is 1. The fraction of sp³-hybridized carbons (Fsp3) is 0.600. The molecule has 3 heterocycles. The third-order valence-electron chi connectivity index (χ3n) is 12.6. The lowest BCUT2D eigenvalue weighted by Crippen LogP contribution is -2.61. The number of methoxy groups -OCH3 is 1. The zero-order chi connectivity index (χ0) is 46.7. The number of sulfonamides is 1. The molecule has 0 bridgehead atoms. The smallest absolute Gasteiger partial charge is 0.330 e. The lowest BCUT2D eigenvalue weighted by molar-refractivity contribution is -0.146. The molecular formula is C45H64N8O9S2. The molecule has 1 aliphatic heterocycles. The van der Waals surface area contributed by atoms with E-state index < -0.39 is 74.9 Å². The number of hydrogen-bond acceptors (Lipinski definition) is 12. The van der Waals surface area contributed by atoms with Crippen LogP contribution in [0.5, 0.6) is 11.5 Å². The van der Waals surface area contributed by atoms with Gasteiger partial charge in [0.15, 0.2) is 5.13 Å². The maximum atomic E-state index is 15.2. The molecule has 4 amide bonds. The second-order valence-electron chi connectivity index (χ2n) is 18.6. The number of carboxylic acids is 1. The Hall–Kier alpha value is -5.01. The van der Waals surface area contributed by atoms with Crippen molar-refractivity contribution < 1.29 is 42.2 Å². The van der Waals surface area contributed by atoms with Crippen molar-refractivity contribution in [2.24, 2.45) is 17.3 Å². The summed E-state index contributed by atoms with van der Waals surface area (Å²) in [5.74, 6) is -2.17. The number of nitrogens with zero attached hydrogens (tertiary/aromatic N) is 4. The van der Waals surface area contributed by atoms with Crippen LogP contribution in [0.4, 0.5) is 9.93 Å². The number of urea groups is 1. The molecule has 6 rings (SSSR count). The third kappa shape index (κ3) is 10.9. The van der Waals surface area contributed by atoms with Gasteiger partial charge in [-0.2, -0.15) is 0 Å². The van der Waals surface area contributed by atoms with Crippen molar-refractivity contribution in [2.75, 3.05) is 38.3 Å². The Morgan fingerprint density at radius 1 is 1.09 bits per heavy atom. The number of carbonyl (C=O) groups is 4. The van der Waals surface area contributed by atoms with Crippen molar-refractivity contribution in [3.63, 3.8) is 0 Å². The van der Waals surface area contributed by atoms with E-state index >= 15 is 4.79 Å². The largest absolute Gasteiger partial charge is 0.497 e. The average molecular weight is 925 g/mol. The highest BCUT2D eigenvalue weighted by Gasteiger charge is 2.61. The molecule has 3 aliphatic rings. The quantitative estimate of drug-likeness (QED) is 0.0981. The first-order valence-electron chi connectivity index (χ1n) is 22.1. The lowest BCUT2D eigenvalue weighted by Gasteiger charge is -2.37. The van der Waals surface area contributed by atoms with Crippen LogP contribution in [0.25, 0.3) is 22.3 Å². The van der Waals surface area contributed by atoms with Crippen molar-refractivity contribution in [3.8, 4) is 22.9 Å². The fourth-order valence-corrected chi connectivity index (χ4v) is 10.3. The zero-order valence-corrected chi connectivity index (χ0v) is 39.7. The Bertz CT molecular complexity index is 2330. The van der Waals surface area contributed by atoms with Crippen LogP contribution in [0.3, 0.4) is 0 Å². The van der Waals surface area contributed by atoms with E-state index in [-0.39, 0.29) is 43.6 Å². The predicted octanol–water partition coefficient (Wildman–Crippen LogP) is 5.63. The lowest BCUT2D eigenvalue weighted by atomic mass is 9.83. The average Bonchev–Trinajstić information content (AvgIpc) is 3.51. The van der Waals surface area contributed by atoms with E-state index in [1.165, 1.54) is 33.7 Å². The van der Waals surface area contributed by atoms with Crippen LogP contribution in [-0.2, 0) is 24.4 Å². The van der Waals surface area contributed by atoms with Gasteiger partial charge in [0.05, 0.1) is 30.6 Å². The van der Waals surface area contributed by atoms with Gasteiger partial charge in [-0.3, -0.25) is 9.59 Å². The van der Waals surface area contributed by atoms with Gasteiger partial charge < -0.3 is 40.7 Å². The molecule has 1 saturated heterocycles. The molecule has 3 aromatic rings. The topological polar surface area (TPSA) is 221 Å². The first-order chi connectivity index (χ1) is 30.2. The van der Waals surface area contributed by atoms with Crippen molar-refractivity contribution in [1.82, 2.24) is 35.1 Å². The van der Waals surface area contributed by atoms with Gasteiger partial charge in [0, 0.05) is 60.9 Å². The Balaban J connectivity index is 1.34. The van der Waals surface area contributed by atoms with Crippen molar-refractivity contribution in [1.29, 1.82) is 0 Å². The van der Waals surface area contributed by atoms with Gasteiger partial charge in [-0.1, -0.05) is 46.1 Å². The normalized spacial score (nSPS) is 22.5. The Morgan fingerprint density at radius 3 is 2.42 bits per heavy atom. The van der Waals surface area contributed by atoms with Gasteiger partial charge in [0.1, 0.15) is 40.9 Å². The molecule has 2 saturated carbocycles. The SMILES string of the molecule is C=CC1C[C@]1(NC(=O)[C@@H]1C[C@@H](Oc2cc(-c3csc(NC(C)C)n3)nc3cc(OC)ccc23)CN1C(=O)[C@@H](NC(=O)NC(CN(C)S(=O)(=O)CC)C(C)(C)C)C1CCCCC1)C(=O)O. The fourth-order valence-electron chi connectivity index (χ4n) is 8.61. The number of likely N-dealkylation sites (N-methyl/N-ethyl adjacent to an activating group) is 1. The zero-order valence-electron chi connectivity index (χ0n) is 38.1.